The lowest BCUT2D eigenvalue weighted by atomic mass is 9.90. The first kappa shape index (κ1) is 15.0. The van der Waals surface area contributed by atoms with Gasteiger partial charge in [0.25, 0.3) is 0 Å². The van der Waals surface area contributed by atoms with Crippen LogP contribution in [-0.2, 0) is 0 Å². The minimum absolute atomic E-state index is 0.735. The first-order valence-corrected chi connectivity index (χ1v) is 7.61. The van der Waals surface area contributed by atoms with Crippen molar-refractivity contribution in [2.24, 2.45) is 11.8 Å². The first-order valence-electron chi connectivity index (χ1n) is 7.61. The fraction of sp³-hybridized carbons (Fsp3) is 1.00. The quantitative estimate of drug-likeness (QED) is 0.735. The van der Waals surface area contributed by atoms with Crippen LogP contribution in [0, 0.1) is 11.8 Å². The first-order chi connectivity index (χ1) is 8.15. The molecule has 1 saturated heterocycles. The van der Waals surface area contributed by atoms with E-state index in [1.165, 1.54) is 51.9 Å². The maximum Gasteiger partial charge on any atom is 0.0198 e. The number of nitrogens with one attached hydrogen (secondary N) is 1. The second-order valence-electron chi connectivity index (χ2n) is 6.08. The van der Waals surface area contributed by atoms with E-state index in [1.54, 1.807) is 0 Å². The van der Waals surface area contributed by atoms with Crippen LogP contribution in [-0.4, -0.2) is 37.1 Å². The molecular weight excluding hydrogens is 208 g/mol. The van der Waals surface area contributed by atoms with Gasteiger partial charge >= 0.3 is 0 Å². The van der Waals surface area contributed by atoms with Crippen LogP contribution in [0.25, 0.3) is 0 Å². The van der Waals surface area contributed by atoms with E-state index < -0.39 is 0 Å². The molecule has 2 unspecified atom stereocenters. The summed E-state index contributed by atoms with van der Waals surface area (Å²) >= 11 is 0. The van der Waals surface area contributed by atoms with Crippen molar-refractivity contribution in [3.8, 4) is 0 Å². The van der Waals surface area contributed by atoms with Gasteiger partial charge in [0, 0.05) is 19.1 Å². The average Bonchev–Trinajstić information content (AvgIpc) is 2.28. The van der Waals surface area contributed by atoms with Crippen LogP contribution in [0.3, 0.4) is 0 Å². The Morgan fingerprint density at radius 2 is 2.00 bits per heavy atom. The van der Waals surface area contributed by atoms with Gasteiger partial charge in [0.15, 0.2) is 0 Å². The smallest absolute Gasteiger partial charge is 0.0198 e. The zero-order valence-electron chi connectivity index (χ0n) is 12.3. The summed E-state index contributed by atoms with van der Waals surface area (Å²) in [4.78, 5) is 2.62. The highest BCUT2D eigenvalue weighted by Crippen LogP contribution is 2.21. The van der Waals surface area contributed by atoms with Gasteiger partial charge in [-0.05, 0) is 44.2 Å². The number of nitrogens with zero attached hydrogens (tertiary/aromatic N) is 1. The zero-order valence-corrected chi connectivity index (χ0v) is 12.3. The molecule has 0 aliphatic carbocycles. The van der Waals surface area contributed by atoms with Crippen LogP contribution in [0.15, 0.2) is 0 Å². The van der Waals surface area contributed by atoms with Crippen molar-refractivity contribution < 1.29 is 0 Å². The molecule has 0 aromatic heterocycles. The van der Waals surface area contributed by atoms with Crippen LogP contribution in [0.1, 0.15) is 53.4 Å². The Morgan fingerprint density at radius 1 is 1.24 bits per heavy atom. The third-order valence-corrected chi connectivity index (χ3v) is 3.91. The van der Waals surface area contributed by atoms with E-state index in [-0.39, 0.29) is 0 Å². The van der Waals surface area contributed by atoms with E-state index in [4.69, 9.17) is 0 Å². The highest BCUT2D eigenvalue weighted by molar-refractivity contribution is 4.82. The van der Waals surface area contributed by atoms with Crippen molar-refractivity contribution in [2.75, 3.05) is 26.2 Å². The minimum atomic E-state index is 0.735. The van der Waals surface area contributed by atoms with Crippen LogP contribution in [0.2, 0.25) is 0 Å². The van der Waals surface area contributed by atoms with E-state index in [2.05, 4.69) is 37.9 Å². The van der Waals surface area contributed by atoms with Crippen molar-refractivity contribution in [3.05, 3.63) is 0 Å². The molecule has 0 radical (unpaired) electrons. The Hall–Kier alpha value is -0.0800. The molecule has 102 valence electrons. The van der Waals surface area contributed by atoms with Crippen molar-refractivity contribution in [1.82, 2.24) is 10.2 Å². The molecule has 0 aromatic carbocycles. The van der Waals surface area contributed by atoms with E-state index in [0.717, 1.165) is 17.9 Å². The normalized spacial score (nSPS) is 26.6. The Kier molecular flexibility index (Phi) is 7.14. The summed E-state index contributed by atoms with van der Waals surface area (Å²) in [6, 6.07) is 0.735. The van der Waals surface area contributed by atoms with E-state index in [0.29, 0.717) is 0 Å². The number of hydrogen-bond donors (Lipinski definition) is 1. The Bertz CT molecular complexity index is 191. The minimum Gasteiger partial charge on any atom is -0.313 e. The average molecular weight is 240 g/mol. The standard InChI is InChI=1S/C15H32N2/c1-5-7-14-10-15(12-17(6-2)11-14)16-9-8-13(3)4/h13-16H,5-12H2,1-4H3. The molecule has 1 rings (SSSR count). The van der Waals surface area contributed by atoms with Crippen LogP contribution >= 0.6 is 0 Å². The van der Waals surface area contributed by atoms with Crippen molar-refractivity contribution >= 4 is 0 Å². The van der Waals surface area contributed by atoms with E-state index in [1.807, 2.05) is 0 Å². The van der Waals surface area contributed by atoms with Crippen molar-refractivity contribution in [2.45, 2.75) is 59.4 Å². The van der Waals surface area contributed by atoms with Gasteiger partial charge in [-0.25, -0.2) is 0 Å². The second kappa shape index (κ2) is 8.10. The molecule has 1 fully saturated rings. The number of rotatable bonds is 7. The summed E-state index contributed by atoms with van der Waals surface area (Å²) < 4.78 is 0. The highest BCUT2D eigenvalue weighted by atomic mass is 15.2. The molecule has 0 aromatic rings. The third-order valence-electron chi connectivity index (χ3n) is 3.91. The van der Waals surface area contributed by atoms with Crippen LogP contribution in [0.5, 0.6) is 0 Å². The summed E-state index contributed by atoms with van der Waals surface area (Å²) in [7, 11) is 0. The summed E-state index contributed by atoms with van der Waals surface area (Å²) in [5.74, 6) is 1.74. The maximum absolute atomic E-state index is 3.76. The molecule has 2 heteroatoms. The predicted molar refractivity (Wildman–Crippen MR) is 76.4 cm³/mol. The van der Waals surface area contributed by atoms with E-state index >= 15 is 0 Å². The van der Waals surface area contributed by atoms with Gasteiger partial charge in [-0.2, -0.15) is 0 Å². The molecule has 0 spiro atoms. The summed E-state index contributed by atoms with van der Waals surface area (Å²) in [6.07, 6.45) is 5.43. The number of piperidine rings is 1. The van der Waals surface area contributed by atoms with Gasteiger partial charge in [-0.1, -0.05) is 34.1 Å². The van der Waals surface area contributed by atoms with Gasteiger partial charge in [0.1, 0.15) is 0 Å². The molecule has 2 atom stereocenters. The van der Waals surface area contributed by atoms with Crippen molar-refractivity contribution in [3.63, 3.8) is 0 Å². The zero-order chi connectivity index (χ0) is 12.7. The molecule has 0 amide bonds. The highest BCUT2D eigenvalue weighted by Gasteiger charge is 2.25. The second-order valence-corrected chi connectivity index (χ2v) is 6.08. The molecule has 2 nitrogen and oxygen atoms in total. The largest absolute Gasteiger partial charge is 0.313 e. The number of likely N-dealkylation sites (N-methyl/N-ethyl adjacent to an activating group) is 1. The fourth-order valence-electron chi connectivity index (χ4n) is 2.90. The molecule has 1 aliphatic heterocycles. The maximum atomic E-state index is 3.76. The van der Waals surface area contributed by atoms with Gasteiger partial charge in [0.05, 0.1) is 0 Å². The monoisotopic (exact) mass is 240 g/mol. The lowest BCUT2D eigenvalue weighted by Gasteiger charge is -2.38. The van der Waals surface area contributed by atoms with E-state index in [9.17, 15) is 0 Å². The molecule has 0 saturated carbocycles. The fourth-order valence-corrected chi connectivity index (χ4v) is 2.90. The van der Waals surface area contributed by atoms with Gasteiger partial charge in [-0.3, -0.25) is 0 Å². The molecular formula is C15H32N2. The Morgan fingerprint density at radius 3 is 2.59 bits per heavy atom. The van der Waals surface area contributed by atoms with Gasteiger partial charge in [-0.15, -0.1) is 0 Å². The number of hydrogen-bond acceptors (Lipinski definition) is 2. The summed E-state index contributed by atoms with van der Waals surface area (Å²) in [6.45, 7) is 14.2. The SMILES string of the molecule is CCCC1CC(NCCC(C)C)CN(CC)C1. The molecule has 1 N–H and O–H groups in total. The number of likely N-dealkylation sites (tertiary alicyclic amines) is 1. The molecule has 0 bridgehead atoms. The molecule has 1 aliphatic rings. The van der Waals surface area contributed by atoms with Gasteiger partial charge < -0.3 is 10.2 Å². The Labute approximate surface area is 108 Å². The molecule has 1 heterocycles. The summed E-state index contributed by atoms with van der Waals surface area (Å²) in [5.41, 5.74) is 0. The van der Waals surface area contributed by atoms with Crippen LogP contribution < -0.4 is 5.32 Å². The van der Waals surface area contributed by atoms with Crippen LogP contribution in [0.4, 0.5) is 0 Å². The Balaban J connectivity index is 2.31. The summed E-state index contributed by atoms with van der Waals surface area (Å²) in [5, 5.41) is 3.76. The third kappa shape index (κ3) is 5.87. The molecule has 17 heavy (non-hydrogen) atoms. The predicted octanol–water partition coefficient (Wildman–Crippen LogP) is 3.13. The van der Waals surface area contributed by atoms with Crippen molar-refractivity contribution in [1.29, 1.82) is 0 Å². The lowest BCUT2D eigenvalue weighted by Crippen LogP contribution is -2.49. The lowest BCUT2D eigenvalue weighted by molar-refractivity contribution is 0.141. The topological polar surface area (TPSA) is 15.3 Å². The van der Waals surface area contributed by atoms with Gasteiger partial charge in [0.2, 0.25) is 0 Å².